The predicted molar refractivity (Wildman–Crippen MR) is 60.9 cm³/mol. The molecule has 0 aromatic carbocycles. The zero-order valence-corrected chi connectivity index (χ0v) is 13.1. The monoisotopic (exact) mass is 276 g/mol. The molecule has 0 bridgehead atoms. The maximum absolute atomic E-state index is 2.34. The molecule has 1 nitrogen and oxygen atoms in total. The van der Waals surface area contributed by atoms with Gasteiger partial charge in [0, 0.05) is 0 Å². The van der Waals surface area contributed by atoms with Crippen molar-refractivity contribution in [2.45, 2.75) is 53.4 Å². The largest absolute Gasteiger partial charge is 4.00 e. The fourth-order valence-electron chi connectivity index (χ4n) is 1.95. The van der Waals surface area contributed by atoms with Crippen molar-refractivity contribution in [2.24, 2.45) is 0 Å². The first kappa shape index (κ1) is 17.2. The van der Waals surface area contributed by atoms with Crippen LogP contribution in [0.2, 0.25) is 0 Å². The fourth-order valence-corrected chi connectivity index (χ4v) is 1.95. The molecule has 0 aromatic rings. The van der Waals surface area contributed by atoms with E-state index in [1.54, 1.807) is 0 Å². The van der Waals surface area contributed by atoms with Crippen LogP contribution in [0, 0.1) is 0 Å². The van der Waals surface area contributed by atoms with Crippen molar-refractivity contribution in [3.8, 4) is 0 Å². The van der Waals surface area contributed by atoms with Gasteiger partial charge in [-0.25, -0.2) is 0 Å². The van der Waals surface area contributed by atoms with Crippen molar-refractivity contribution >= 4 is 0 Å². The Hall–Kier alpha value is 0.843. The van der Waals surface area contributed by atoms with E-state index >= 15 is 0 Å². The Bertz CT molecular complexity index is 101. The molecule has 0 aliphatic heterocycles. The van der Waals surface area contributed by atoms with Crippen LogP contribution >= 0.6 is 0 Å². The molecule has 0 heterocycles. The summed E-state index contributed by atoms with van der Waals surface area (Å²) in [6.07, 6.45) is 5.47. The van der Waals surface area contributed by atoms with Gasteiger partial charge in [-0.3, -0.25) is 0 Å². The van der Waals surface area contributed by atoms with Crippen molar-refractivity contribution in [1.29, 1.82) is 0 Å². The van der Waals surface area contributed by atoms with E-state index in [0.717, 1.165) is 0 Å². The minimum atomic E-state index is 0. The summed E-state index contributed by atoms with van der Waals surface area (Å²) in [6.45, 7) is 14.7. The summed E-state index contributed by atoms with van der Waals surface area (Å²) < 4.78 is 1.35. The molecule has 0 saturated carbocycles. The molecular formula is C12H28NZr+5. The molecule has 0 aromatic heterocycles. The van der Waals surface area contributed by atoms with Gasteiger partial charge in [0.1, 0.15) is 0 Å². The van der Waals surface area contributed by atoms with Crippen LogP contribution in [0.4, 0.5) is 0 Å². The molecule has 0 spiro atoms. The van der Waals surface area contributed by atoms with Gasteiger partial charge in [-0.15, -0.1) is 0 Å². The predicted octanol–water partition coefficient (Wildman–Crippen LogP) is 3.44. The van der Waals surface area contributed by atoms with Crippen LogP contribution in [0.3, 0.4) is 0 Å². The summed E-state index contributed by atoms with van der Waals surface area (Å²) >= 11 is 0. The summed E-state index contributed by atoms with van der Waals surface area (Å²) in [6, 6.07) is 0. The first-order valence-electron chi connectivity index (χ1n) is 6.09. The molecule has 0 atom stereocenters. The minimum absolute atomic E-state index is 0. The quantitative estimate of drug-likeness (QED) is 0.596. The SMILES string of the molecule is CCCC[N+](CC)(CC)CCCC.[Zr+4]. The van der Waals surface area contributed by atoms with Gasteiger partial charge >= 0.3 is 26.2 Å². The molecule has 2 heteroatoms. The number of rotatable bonds is 8. The summed E-state index contributed by atoms with van der Waals surface area (Å²) in [5.41, 5.74) is 0. The number of unbranched alkanes of at least 4 members (excludes halogenated alkanes) is 2. The average molecular weight is 278 g/mol. The molecule has 0 radical (unpaired) electrons. The van der Waals surface area contributed by atoms with Crippen LogP contribution in [0.15, 0.2) is 0 Å². The molecule has 0 aliphatic rings. The van der Waals surface area contributed by atoms with Gasteiger partial charge in [0.2, 0.25) is 0 Å². The number of hydrogen-bond donors (Lipinski definition) is 0. The Morgan fingerprint density at radius 3 is 1.29 bits per heavy atom. The van der Waals surface area contributed by atoms with E-state index in [9.17, 15) is 0 Å². The number of quaternary nitrogens is 1. The van der Waals surface area contributed by atoms with Crippen molar-refractivity contribution in [2.75, 3.05) is 26.2 Å². The van der Waals surface area contributed by atoms with Crippen LogP contribution in [0.25, 0.3) is 0 Å². The van der Waals surface area contributed by atoms with E-state index in [-0.39, 0.29) is 26.2 Å². The van der Waals surface area contributed by atoms with E-state index in [4.69, 9.17) is 0 Å². The molecule has 14 heavy (non-hydrogen) atoms. The fraction of sp³-hybridized carbons (Fsp3) is 1.00. The van der Waals surface area contributed by atoms with E-state index in [0.29, 0.717) is 0 Å². The van der Waals surface area contributed by atoms with E-state index in [2.05, 4.69) is 27.7 Å². The Morgan fingerprint density at radius 1 is 0.714 bits per heavy atom. The van der Waals surface area contributed by atoms with Crippen LogP contribution in [-0.4, -0.2) is 30.7 Å². The average Bonchev–Trinajstić information content (AvgIpc) is 2.20. The van der Waals surface area contributed by atoms with Gasteiger partial charge in [0.05, 0.1) is 26.2 Å². The molecule has 0 rings (SSSR count). The van der Waals surface area contributed by atoms with Crippen LogP contribution < -0.4 is 0 Å². The van der Waals surface area contributed by atoms with E-state index in [1.807, 2.05) is 0 Å². The second-order valence-electron chi connectivity index (χ2n) is 4.13. The zero-order valence-electron chi connectivity index (χ0n) is 10.6. The standard InChI is InChI=1S/C12H28N.Zr/c1-5-9-11-13(7-3,8-4)12-10-6-2;/h5-12H2,1-4H3;/q+1;+4. The van der Waals surface area contributed by atoms with Gasteiger partial charge in [-0.1, -0.05) is 26.7 Å². The van der Waals surface area contributed by atoms with Gasteiger partial charge in [-0.2, -0.15) is 0 Å². The third-order valence-corrected chi connectivity index (χ3v) is 3.31. The summed E-state index contributed by atoms with van der Waals surface area (Å²) in [5, 5.41) is 0. The summed E-state index contributed by atoms with van der Waals surface area (Å²) in [7, 11) is 0. The number of nitrogens with zero attached hydrogens (tertiary/aromatic N) is 1. The van der Waals surface area contributed by atoms with E-state index in [1.165, 1.54) is 56.3 Å². The first-order chi connectivity index (χ1) is 6.24. The Morgan fingerprint density at radius 2 is 1.07 bits per heavy atom. The topological polar surface area (TPSA) is 0 Å². The van der Waals surface area contributed by atoms with Crippen molar-refractivity contribution in [3.63, 3.8) is 0 Å². The van der Waals surface area contributed by atoms with Crippen LogP contribution in [-0.2, 0) is 26.2 Å². The second-order valence-corrected chi connectivity index (χ2v) is 4.13. The second kappa shape index (κ2) is 10.4. The third kappa shape index (κ3) is 6.35. The van der Waals surface area contributed by atoms with Gasteiger partial charge in [0.25, 0.3) is 0 Å². The molecule has 0 aliphatic carbocycles. The third-order valence-electron chi connectivity index (χ3n) is 3.31. The van der Waals surface area contributed by atoms with Gasteiger partial charge < -0.3 is 4.48 Å². The van der Waals surface area contributed by atoms with Crippen molar-refractivity contribution in [1.82, 2.24) is 0 Å². The molecule has 0 N–H and O–H groups in total. The van der Waals surface area contributed by atoms with Crippen LogP contribution in [0.5, 0.6) is 0 Å². The maximum atomic E-state index is 2.34. The van der Waals surface area contributed by atoms with E-state index < -0.39 is 0 Å². The van der Waals surface area contributed by atoms with Gasteiger partial charge in [0.15, 0.2) is 0 Å². The summed E-state index contributed by atoms with van der Waals surface area (Å²) in [5.74, 6) is 0. The number of hydrogen-bond acceptors (Lipinski definition) is 0. The Balaban J connectivity index is 0. The molecule has 0 amide bonds. The molecule has 0 fully saturated rings. The smallest absolute Gasteiger partial charge is 0.324 e. The minimum Gasteiger partial charge on any atom is -0.324 e. The van der Waals surface area contributed by atoms with Gasteiger partial charge in [-0.05, 0) is 26.7 Å². The molecular weight excluding hydrogens is 249 g/mol. The maximum Gasteiger partial charge on any atom is 4.00 e. The first-order valence-corrected chi connectivity index (χ1v) is 6.09. The normalized spacial score (nSPS) is 11.1. The van der Waals surface area contributed by atoms with Crippen LogP contribution in [0.1, 0.15) is 53.4 Å². The zero-order chi connectivity index (χ0) is 10.2. The van der Waals surface area contributed by atoms with Crippen molar-refractivity contribution in [3.05, 3.63) is 0 Å². The Labute approximate surface area is 110 Å². The molecule has 0 saturated heterocycles. The Kier molecular flexibility index (Phi) is 12.8. The molecule has 80 valence electrons. The molecule has 0 unspecified atom stereocenters. The summed E-state index contributed by atoms with van der Waals surface area (Å²) in [4.78, 5) is 0. The van der Waals surface area contributed by atoms with Crippen molar-refractivity contribution < 1.29 is 30.7 Å².